The molecule has 2 aromatic rings. The lowest BCUT2D eigenvalue weighted by Gasteiger charge is -2.36. The number of Topliss-reactive ketones (excluding diaryl/α,β-unsaturated/α-hetero) is 1. The Morgan fingerprint density at radius 1 is 1.32 bits per heavy atom. The van der Waals surface area contributed by atoms with Crippen molar-refractivity contribution in [2.75, 3.05) is 22.2 Å². The fourth-order valence-corrected chi connectivity index (χ4v) is 5.34. The van der Waals surface area contributed by atoms with Crippen LogP contribution < -0.4 is 9.80 Å². The number of aromatic nitrogens is 1. The molecule has 1 aliphatic rings. The molecule has 0 fully saturated rings. The van der Waals surface area contributed by atoms with Crippen LogP contribution in [-0.2, 0) is 10.7 Å². The number of hydrogen-bond acceptors (Lipinski definition) is 8. The number of thioether (sulfide) groups is 1. The van der Waals surface area contributed by atoms with Crippen LogP contribution in [0.3, 0.4) is 0 Å². The van der Waals surface area contributed by atoms with Crippen molar-refractivity contribution in [3.63, 3.8) is 0 Å². The Hall–Kier alpha value is -1.81. The van der Waals surface area contributed by atoms with Crippen LogP contribution in [0.1, 0.15) is 12.6 Å². The topological polar surface area (TPSA) is 79.6 Å². The zero-order chi connectivity index (χ0) is 20.3. The lowest BCUT2D eigenvalue weighted by molar-refractivity contribution is -0.384. The first-order valence-electron chi connectivity index (χ1n) is 8.15. The summed E-state index contributed by atoms with van der Waals surface area (Å²) in [6.07, 6.45) is 0. The fraction of sp³-hybridized carbons (Fsp3) is 0.294. The third kappa shape index (κ3) is 4.43. The summed E-state index contributed by atoms with van der Waals surface area (Å²) in [7, 11) is 0. The van der Waals surface area contributed by atoms with Gasteiger partial charge >= 0.3 is 0 Å². The van der Waals surface area contributed by atoms with Crippen molar-refractivity contribution in [2.24, 2.45) is 0 Å². The van der Waals surface area contributed by atoms with E-state index in [9.17, 15) is 14.9 Å². The van der Waals surface area contributed by atoms with Crippen LogP contribution in [0.4, 0.5) is 16.5 Å². The van der Waals surface area contributed by atoms with E-state index in [1.807, 2.05) is 20.6 Å². The van der Waals surface area contributed by atoms with Crippen LogP contribution in [0.15, 0.2) is 40.8 Å². The van der Waals surface area contributed by atoms with Gasteiger partial charge in [0.1, 0.15) is 5.78 Å². The first-order chi connectivity index (χ1) is 13.4. The molecule has 3 rings (SSSR count). The Labute approximate surface area is 180 Å². The Bertz CT molecular complexity index is 904. The number of nitrogens with zero attached hydrogens (tertiary/aromatic N) is 4. The molecule has 148 valence electrons. The van der Waals surface area contributed by atoms with Gasteiger partial charge in [0.05, 0.1) is 28.9 Å². The quantitative estimate of drug-likeness (QED) is 0.319. The van der Waals surface area contributed by atoms with Gasteiger partial charge in [-0.2, -0.15) is 0 Å². The maximum absolute atomic E-state index is 12.0. The molecule has 0 aliphatic carbocycles. The van der Waals surface area contributed by atoms with E-state index in [1.165, 1.54) is 42.2 Å². The zero-order valence-corrected chi connectivity index (χ0v) is 17.9. The number of thiazole rings is 1. The van der Waals surface area contributed by atoms with E-state index in [4.69, 9.17) is 23.2 Å². The highest BCUT2D eigenvalue weighted by Gasteiger charge is 2.35. The third-order valence-corrected chi connectivity index (χ3v) is 6.48. The summed E-state index contributed by atoms with van der Waals surface area (Å²) in [6, 6.07) is 6.14. The Balaban J connectivity index is 1.98. The monoisotopic (exact) mass is 458 g/mol. The minimum absolute atomic E-state index is 0.00583. The summed E-state index contributed by atoms with van der Waals surface area (Å²) >= 11 is 15.0. The number of anilines is 2. The lowest BCUT2D eigenvalue weighted by Crippen LogP contribution is -2.46. The van der Waals surface area contributed by atoms with Crippen molar-refractivity contribution in [3.05, 3.63) is 56.6 Å². The van der Waals surface area contributed by atoms with Crippen molar-refractivity contribution >= 4 is 68.6 Å². The van der Waals surface area contributed by atoms with Gasteiger partial charge in [-0.05, 0) is 24.5 Å². The Kier molecular flexibility index (Phi) is 6.82. The molecule has 1 aliphatic heterocycles. The number of rotatable bonds is 8. The van der Waals surface area contributed by atoms with Gasteiger partial charge in [-0.3, -0.25) is 19.8 Å². The molecule has 0 spiro atoms. The molecule has 1 aromatic heterocycles. The highest BCUT2D eigenvalue weighted by atomic mass is 35.5. The SMILES string of the molecule is CC(=O)CN(c1ccc([N+](=O)[O-])cc1)C1SC=C(CCl)N1c1nc(CCl)cs1. The molecule has 0 amide bonds. The Morgan fingerprint density at radius 3 is 2.57 bits per heavy atom. The first-order valence-corrected chi connectivity index (χ1v) is 11.0. The van der Waals surface area contributed by atoms with Gasteiger partial charge in [0.25, 0.3) is 5.69 Å². The van der Waals surface area contributed by atoms with Crippen LogP contribution in [0.25, 0.3) is 0 Å². The second-order valence-electron chi connectivity index (χ2n) is 5.93. The average molecular weight is 459 g/mol. The van der Waals surface area contributed by atoms with Gasteiger partial charge in [0, 0.05) is 28.9 Å². The molecule has 0 saturated carbocycles. The van der Waals surface area contributed by atoms with E-state index in [-0.39, 0.29) is 29.4 Å². The number of non-ortho nitro benzene ring substituents is 1. The van der Waals surface area contributed by atoms with Crippen molar-refractivity contribution < 1.29 is 9.72 Å². The number of nitro groups is 1. The number of carbonyl (C=O) groups is 1. The van der Waals surface area contributed by atoms with E-state index in [1.54, 1.807) is 12.1 Å². The van der Waals surface area contributed by atoms with Crippen molar-refractivity contribution in [3.8, 4) is 0 Å². The molecule has 0 N–H and O–H groups in total. The molecular weight excluding hydrogens is 443 g/mol. The number of alkyl halides is 2. The second-order valence-corrected chi connectivity index (χ2v) is 8.23. The van der Waals surface area contributed by atoms with Gasteiger partial charge in [-0.15, -0.1) is 34.5 Å². The number of ketones is 1. The molecule has 2 heterocycles. The van der Waals surface area contributed by atoms with Gasteiger partial charge in [0.2, 0.25) is 0 Å². The van der Waals surface area contributed by atoms with Crippen LogP contribution in [0.2, 0.25) is 0 Å². The lowest BCUT2D eigenvalue weighted by atomic mass is 10.2. The smallest absolute Gasteiger partial charge is 0.269 e. The van der Waals surface area contributed by atoms with E-state index in [0.717, 1.165) is 16.5 Å². The van der Waals surface area contributed by atoms with E-state index in [2.05, 4.69) is 4.98 Å². The second kappa shape index (κ2) is 9.13. The third-order valence-electron chi connectivity index (χ3n) is 3.93. The molecule has 28 heavy (non-hydrogen) atoms. The van der Waals surface area contributed by atoms with Gasteiger partial charge in [-0.1, -0.05) is 11.8 Å². The Morgan fingerprint density at radius 2 is 2.04 bits per heavy atom. The fourth-order valence-electron chi connectivity index (χ4n) is 2.70. The molecule has 1 atom stereocenters. The van der Waals surface area contributed by atoms with Crippen LogP contribution in [-0.4, -0.2) is 33.6 Å². The predicted octanol–water partition coefficient (Wildman–Crippen LogP) is 4.80. The van der Waals surface area contributed by atoms with Crippen molar-refractivity contribution in [1.29, 1.82) is 0 Å². The maximum atomic E-state index is 12.0. The standard InChI is InChI=1S/C17H16Cl2N4O3S2/c1-11(24)8-21(13-2-4-14(5-3-13)23(25)26)17-22(15(7-19)10-28-17)16-20-12(6-18)9-27-16/h2-5,9-10,17H,6-8H2,1H3. The molecular formula is C17H16Cl2N4O3S2. The van der Waals surface area contributed by atoms with E-state index >= 15 is 0 Å². The molecule has 0 saturated heterocycles. The van der Waals surface area contributed by atoms with E-state index < -0.39 is 4.92 Å². The molecule has 0 radical (unpaired) electrons. The first kappa shape index (κ1) is 20.9. The highest BCUT2D eigenvalue weighted by molar-refractivity contribution is 8.03. The number of benzene rings is 1. The summed E-state index contributed by atoms with van der Waals surface area (Å²) in [6.45, 7) is 1.65. The number of carbonyl (C=O) groups excluding carboxylic acids is 1. The number of hydrogen-bond donors (Lipinski definition) is 0. The van der Waals surface area contributed by atoms with Crippen molar-refractivity contribution in [1.82, 2.24) is 4.98 Å². The summed E-state index contributed by atoms with van der Waals surface area (Å²) < 4.78 is 0. The van der Waals surface area contributed by atoms with Crippen LogP contribution in [0.5, 0.6) is 0 Å². The van der Waals surface area contributed by atoms with Crippen LogP contribution >= 0.6 is 46.3 Å². The molecule has 1 unspecified atom stereocenters. The zero-order valence-electron chi connectivity index (χ0n) is 14.7. The van der Waals surface area contributed by atoms with Gasteiger partial charge in [-0.25, -0.2) is 4.98 Å². The summed E-state index contributed by atoms with van der Waals surface area (Å²) in [4.78, 5) is 30.9. The predicted molar refractivity (Wildman–Crippen MR) is 115 cm³/mol. The summed E-state index contributed by atoms with van der Waals surface area (Å²) in [5.41, 5.74) is 2.02. The van der Waals surface area contributed by atoms with E-state index in [0.29, 0.717) is 11.6 Å². The summed E-state index contributed by atoms with van der Waals surface area (Å²) in [5, 5.41) is 15.5. The maximum Gasteiger partial charge on any atom is 0.269 e. The minimum atomic E-state index is -0.452. The number of nitro benzene ring substituents is 1. The molecule has 0 bridgehead atoms. The molecule has 11 heteroatoms. The van der Waals surface area contributed by atoms with Gasteiger partial charge in [0.15, 0.2) is 10.6 Å². The number of halogens is 2. The normalized spacial score (nSPS) is 16.2. The average Bonchev–Trinajstić information content (AvgIpc) is 3.32. The van der Waals surface area contributed by atoms with Gasteiger partial charge < -0.3 is 4.90 Å². The van der Waals surface area contributed by atoms with Crippen LogP contribution in [0, 0.1) is 10.1 Å². The number of allylic oxidation sites excluding steroid dienone is 1. The minimum Gasteiger partial charge on any atom is -0.335 e. The largest absolute Gasteiger partial charge is 0.335 e. The van der Waals surface area contributed by atoms with Crippen molar-refractivity contribution in [2.45, 2.75) is 18.3 Å². The molecule has 7 nitrogen and oxygen atoms in total. The summed E-state index contributed by atoms with van der Waals surface area (Å²) in [5.74, 6) is 0.563. The molecule has 1 aromatic carbocycles. The highest BCUT2D eigenvalue weighted by Crippen LogP contribution is 2.41.